The number of hydrogen-bond donors (Lipinski definition) is 2. The van der Waals surface area contributed by atoms with Crippen LogP contribution < -0.4 is 10.6 Å². The fourth-order valence-electron chi connectivity index (χ4n) is 1.88. The summed E-state index contributed by atoms with van der Waals surface area (Å²) in [5.74, 6) is -0.156. The molecule has 1 aromatic carbocycles. The van der Waals surface area contributed by atoms with E-state index in [0.29, 0.717) is 10.7 Å². The van der Waals surface area contributed by atoms with Crippen LogP contribution in [0.4, 0.5) is 0 Å². The Hall–Kier alpha value is -0.690. The summed E-state index contributed by atoms with van der Waals surface area (Å²) in [7, 11) is 0. The number of carbonyl (C=O) groups is 1. The number of rotatable bonds is 7. The summed E-state index contributed by atoms with van der Waals surface area (Å²) >= 11 is 7.37. The molecule has 1 amide bonds. The lowest BCUT2D eigenvalue weighted by Crippen LogP contribution is -2.39. The van der Waals surface area contributed by atoms with Gasteiger partial charge in [-0.15, -0.1) is 0 Å². The molecule has 1 rings (SSSR count). The van der Waals surface area contributed by atoms with Crippen LogP contribution >= 0.6 is 34.8 Å². The van der Waals surface area contributed by atoms with Gasteiger partial charge in [-0.3, -0.25) is 10.1 Å². The van der Waals surface area contributed by atoms with Gasteiger partial charge in [-0.05, 0) is 65.8 Å². The van der Waals surface area contributed by atoms with Crippen LogP contribution in [0.15, 0.2) is 18.2 Å². The van der Waals surface area contributed by atoms with Crippen LogP contribution in [0.1, 0.15) is 54.9 Å². The Balaban J connectivity index is 2.30. The Morgan fingerprint density at radius 2 is 1.95 bits per heavy atom. The van der Waals surface area contributed by atoms with Crippen molar-refractivity contribution in [3.05, 3.63) is 32.9 Å². The van der Waals surface area contributed by atoms with E-state index >= 15 is 0 Å². The molecule has 0 unspecified atom stereocenters. The molecule has 0 aromatic heterocycles. The minimum absolute atomic E-state index is 0.156. The molecular weight excluding hydrogens is 395 g/mol. The van der Waals surface area contributed by atoms with E-state index in [2.05, 4.69) is 40.1 Å². The zero-order chi connectivity index (χ0) is 15.7. The first-order chi connectivity index (χ1) is 10.0. The fraction of sp³-hybridized carbons (Fsp3) is 0.500. The van der Waals surface area contributed by atoms with Gasteiger partial charge in [0.15, 0.2) is 5.11 Å². The third kappa shape index (κ3) is 7.22. The van der Waals surface area contributed by atoms with E-state index < -0.39 is 0 Å². The highest BCUT2D eigenvalue weighted by Gasteiger charge is 2.08. The molecule has 3 nitrogen and oxygen atoms in total. The van der Waals surface area contributed by atoms with Gasteiger partial charge in [0.2, 0.25) is 0 Å². The normalized spacial score (nSPS) is 10.2. The second-order valence-electron chi connectivity index (χ2n) is 5.09. The molecule has 0 radical (unpaired) electrons. The summed E-state index contributed by atoms with van der Waals surface area (Å²) in [6, 6.07) is 5.64. The van der Waals surface area contributed by atoms with Crippen molar-refractivity contribution in [2.75, 3.05) is 6.54 Å². The van der Waals surface area contributed by atoms with Gasteiger partial charge < -0.3 is 5.32 Å². The van der Waals surface area contributed by atoms with E-state index in [0.717, 1.165) is 16.5 Å². The van der Waals surface area contributed by atoms with Gasteiger partial charge in [0.25, 0.3) is 5.91 Å². The molecular formula is C16H23IN2OS. The predicted molar refractivity (Wildman–Crippen MR) is 101 cm³/mol. The summed E-state index contributed by atoms with van der Waals surface area (Å²) in [4.78, 5) is 12.1. The van der Waals surface area contributed by atoms with Crippen LogP contribution in [0.5, 0.6) is 0 Å². The number of nitrogens with one attached hydrogen (secondary N) is 2. The number of aryl methyl sites for hydroxylation is 1. The molecule has 0 heterocycles. The second-order valence-corrected chi connectivity index (χ2v) is 6.66. The van der Waals surface area contributed by atoms with E-state index in [1.165, 1.54) is 31.2 Å². The van der Waals surface area contributed by atoms with Gasteiger partial charge in [0, 0.05) is 15.7 Å². The molecule has 2 N–H and O–H groups in total. The number of hydrogen-bond acceptors (Lipinski definition) is 2. The van der Waals surface area contributed by atoms with Gasteiger partial charge in [-0.25, -0.2) is 0 Å². The molecule has 0 aliphatic heterocycles. The Labute approximate surface area is 146 Å². The van der Waals surface area contributed by atoms with Crippen molar-refractivity contribution in [2.45, 2.75) is 46.0 Å². The van der Waals surface area contributed by atoms with Crippen LogP contribution in [0.2, 0.25) is 0 Å². The molecule has 0 bridgehead atoms. The third-order valence-electron chi connectivity index (χ3n) is 3.23. The Morgan fingerprint density at radius 1 is 1.24 bits per heavy atom. The summed E-state index contributed by atoms with van der Waals surface area (Å²) in [6.07, 6.45) is 6.08. The lowest BCUT2D eigenvalue weighted by molar-refractivity contribution is 0.0976. The molecule has 0 spiro atoms. The maximum atomic E-state index is 12.1. The summed E-state index contributed by atoms with van der Waals surface area (Å²) in [5.41, 5.74) is 1.80. The fourth-order valence-corrected chi connectivity index (χ4v) is 2.59. The first-order valence-corrected chi connectivity index (χ1v) is 8.88. The van der Waals surface area contributed by atoms with E-state index in [1.807, 2.05) is 25.1 Å². The highest BCUT2D eigenvalue weighted by molar-refractivity contribution is 14.1. The summed E-state index contributed by atoms with van der Waals surface area (Å²) in [6.45, 7) is 5.04. The Kier molecular flexibility index (Phi) is 8.84. The Bertz CT molecular complexity index is 491. The number of amides is 1. The predicted octanol–water partition coefficient (Wildman–Crippen LogP) is 4.17. The van der Waals surface area contributed by atoms with Crippen LogP contribution in [-0.4, -0.2) is 17.6 Å². The average Bonchev–Trinajstić information content (AvgIpc) is 2.45. The molecule has 0 aliphatic carbocycles. The molecule has 0 fully saturated rings. The highest BCUT2D eigenvalue weighted by Crippen LogP contribution is 2.13. The summed E-state index contributed by atoms with van der Waals surface area (Å²) in [5, 5.41) is 6.22. The van der Waals surface area contributed by atoms with Crippen LogP contribution in [0, 0.1) is 10.5 Å². The van der Waals surface area contributed by atoms with Gasteiger partial charge in [-0.2, -0.15) is 0 Å². The maximum Gasteiger partial charge on any atom is 0.257 e. The first-order valence-electron chi connectivity index (χ1n) is 7.40. The monoisotopic (exact) mass is 418 g/mol. The van der Waals surface area contributed by atoms with Gasteiger partial charge in [-0.1, -0.05) is 38.7 Å². The molecule has 1 aromatic rings. The van der Waals surface area contributed by atoms with Gasteiger partial charge >= 0.3 is 0 Å². The Morgan fingerprint density at radius 3 is 2.62 bits per heavy atom. The largest absolute Gasteiger partial charge is 0.362 e. The molecule has 0 atom stereocenters. The maximum absolute atomic E-state index is 12.1. The zero-order valence-electron chi connectivity index (χ0n) is 12.7. The van der Waals surface area contributed by atoms with E-state index in [4.69, 9.17) is 12.2 Å². The molecule has 116 valence electrons. The SMILES string of the molecule is CCCCCCCNC(=S)NC(=O)c1ccc(C)c(I)c1. The molecule has 0 aliphatic rings. The van der Waals surface area contributed by atoms with Crippen molar-refractivity contribution in [3.8, 4) is 0 Å². The van der Waals surface area contributed by atoms with Crippen LogP contribution in [-0.2, 0) is 0 Å². The topological polar surface area (TPSA) is 41.1 Å². The van der Waals surface area contributed by atoms with Crippen molar-refractivity contribution in [2.24, 2.45) is 0 Å². The summed E-state index contributed by atoms with van der Waals surface area (Å²) < 4.78 is 1.08. The molecule has 5 heteroatoms. The van der Waals surface area contributed by atoms with Crippen molar-refractivity contribution in [1.29, 1.82) is 0 Å². The van der Waals surface area contributed by atoms with E-state index in [1.54, 1.807) is 0 Å². The molecule has 21 heavy (non-hydrogen) atoms. The lowest BCUT2D eigenvalue weighted by Gasteiger charge is -2.10. The number of halogens is 1. The quantitative estimate of drug-likeness (QED) is 0.397. The van der Waals surface area contributed by atoms with E-state index in [9.17, 15) is 4.79 Å². The highest BCUT2D eigenvalue weighted by atomic mass is 127. The zero-order valence-corrected chi connectivity index (χ0v) is 15.6. The van der Waals surface area contributed by atoms with Crippen molar-refractivity contribution >= 4 is 45.8 Å². The minimum atomic E-state index is -0.156. The van der Waals surface area contributed by atoms with Gasteiger partial charge in [0.1, 0.15) is 0 Å². The van der Waals surface area contributed by atoms with Crippen LogP contribution in [0.25, 0.3) is 0 Å². The minimum Gasteiger partial charge on any atom is -0.362 e. The smallest absolute Gasteiger partial charge is 0.257 e. The van der Waals surface area contributed by atoms with Crippen molar-refractivity contribution in [3.63, 3.8) is 0 Å². The molecule has 0 saturated heterocycles. The molecule has 0 saturated carbocycles. The average molecular weight is 418 g/mol. The second kappa shape index (κ2) is 10.1. The number of benzene rings is 1. The number of thiocarbonyl (C=S) groups is 1. The first kappa shape index (κ1) is 18.4. The van der Waals surface area contributed by atoms with Gasteiger partial charge in [0.05, 0.1) is 0 Å². The number of carbonyl (C=O) groups excluding carboxylic acids is 1. The third-order valence-corrected chi connectivity index (χ3v) is 4.64. The lowest BCUT2D eigenvalue weighted by atomic mass is 10.1. The van der Waals surface area contributed by atoms with Crippen LogP contribution in [0.3, 0.4) is 0 Å². The standard InChI is InChI=1S/C16H23IN2OS/c1-3-4-5-6-7-10-18-16(21)19-15(20)13-9-8-12(2)14(17)11-13/h8-9,11H,3-7,10H2,1-2H3,(H2,18,19,20,21). The van der Waals surface area contributed by atoms with Crippen molar-refractivity contribution < 1.29 is 4.79 Å². The van der Waals surface area contributed by atoms with Crippen molar-refractivity contribution in [1.82, 2.24) is 10.6 Å². The van der Waals surface area contributed by atoms with E-state index in [-0.39, 0.29) is 5.91 Å². The number of unbranched alkanes of at least 4 members (excludes halogenated alkanes) is 4.